The van der Waals surface area contributed by atoms with Crippen molar-refractivity contribution < 1.29 is 29.7 Å². The molecular weight excluding hydrogens is 670 g/mol. The molecule has 11 heteroatoms. The van der Waals surface area contributed by atoms with Crippen LogP contribution in [0.1, 0.15) is 16.7 Å². The van der Waals surface area contributed by atoms with Gasteiger partial charge in [-0.1, -0.05) is 54.6 Å². The maximum atomic E-state index is 11.4. The summed E-state index contributed by atoms with van der Waals surface area (Å²) >= 11 is 0. The van der Waals surface area contributed by atoms with Crippen LogP contribution >= 0.6 is 0 Å². The maximum Gasteiger partial charge on any atom is 0.346 e. The number of nitriles is 1. The Kier molecular flexibility index (Phi) is 11.2. The van der Waals surface area contributed by atoms with E-state index < -0.39 is 29.3 Å². The topological polar surface area (TPSA) is 151 Å². The third-order valence-electron chi connectivity index (χ3n) is 7.78. The highest BCUT2D eigenvalue weighted by molar-refractivity contribution is 5.97. The van der Waals surface area contributed by atoms with Crippen molar-refractivity contribution in [2.24, 2.45) is 0 Å². The van der Waals surface area contributed by atoms with E-state index in [1.165, 1.54) is 18.2 Å². The second kappa shape index (κ2) is 16.5. The normalized spacial score (nSPS) is 11.4. The molecule has 0 spiro atoms. The van der Waals surface area contributed by atoms with Gasteiger partial charge >= 0.3 is 17.9 Å². The predicted octanol–water partition coefficient (Wildman–Crippen LogP) is 9.31. The summed E-state index contributed by atoms with van der Waals surface area (Å²) in [6, 6.07) is 40.1. The van der Waals surface area contributed by atoms with Gasteiger partial charge < -0.3 is 25.1 Å². The van der Waals surface area contributed by atoms with E-state index in [-0.39, 0.29) is 5.57 Å². The molecule has 0 radical (unpaired) electrons. The van der Waals surface area contributed by atoms with E-state index in [1.807, 2.05) is 76.5 Å². The van der Waals surface area contributed by atoms with E-state index in [4.69, 9.17) is 13.1 Å². The molecule has 5 rings (SSSR count). The zero-order chi connectivity index (χ0) is 37.9. The summed E-state index contributed by atoms with van der Waals surface area (Å²) in [6.07, 6.45) is 3.87. The molecule has 0 fully saturated rings. The van der Waals surface area contributed by atoms with Gasteiger partial charge in [0.15, 0.2) is 0 Å². The first kappa shape index (κ1) is 36.1. The molecule has 0 saturated carbocycles. The molecule has 0 atom stereocenters. The number of carbonyl (C=O) groups is 3. The van der Waals surface area contributed by atoms with Crippen LogP contribution in [0.3, 0.4) is 0 Å². The summed E-state index contributed by atoms with van der Waals surface area (Å²) in [5, 5.41) is 37.0. The number of anilines is 6. The highest BCUT2D eigenvalue weighted by Crippen LogP contribution is 2.39. The number of hydrogen-bond donors (Lipinski definition) is 3. The number of carboxylic acid groups (broad SMARTS) is 3. The Morgan fingerprint density at radius 2 is 0.792 bits per heavy atom. The molecule has 0 heterocycles. The molecule has 256 valence electrons. The van der Waals surface area contributed by atoms with Gasteiger partial charge in [0.2, 0.25) is 0 Å². The molecule has 0 unspecified atom stereocenters. The van der Waals surface area contributed by atoms with Crippen molar-refractivity contribution in [2.75, 3.05) is 9.80 Å². The van der Waals surface area contributed by atoms with Gasteiger partial charge in [-0.3, -0.25) is 9.59 Å². The molecule has 0 bridgehead atoms. The number of aliphatic carboxylic acids is 3. The summed E-state index contributed by atoms with van der Waals surface area (Å²) in [5.41, 5.74) is 4.95. The first-order valence-electron chi connectivity index (χ1n) is 15.7. The number of hydrogen-bond acceptors (Lipinski definition) is 6. The lowest BCUT2D eigenvalue weighted by atomic mass is 10.1. The zero-order valence-electron chi connectivity index (χ0n) is 27.7. The maximum absolute atomic E-state index is 11.4. The molecule has 53 heavy (non-hydrogen) atoms. The van der Waals surface area contributed by atoms with Crippen LogP contribution in [0, 0.1) is 24.5 Å². The van der Waals surface area contributed by atoms with E-state index in [0.29, 0.717) is 28.1 Å². The van der Waals surface area contributed by atoms with E-state index in [2.05, 4.69) is 9.69 Å². The number of benzene rings is 5. The Balaban J connectivity index is 1.57. The Morgan fingerprint density at radius 1 is 0.491 bits per heavy atom. The van der Waals surface area contributed by atoms with Gasteiger partial charge in [-0.25, -0.2) is 14.5 Å². The van der Waals surface area contributed by atoms with Gasteiger partial charge in [0, 0.05) is 34.1 Å². The number of nitrogens with zero attached hydrogens (tertiary/aromatic N) is 5. The standard InChI is InChI=1S/C42H27N5O6/c1-44-38(41(50)51)25-29-10-16-34(17-11-29)47(35-18-12-30(13-19-35)26-39(45-2)42(52)53)37-22-20-36(21-23-37)46(32-6-4-3-5-7-32)33-14-8-28(9-15-33)24-31(27-43)40(48)49/h3-26H,(H,48,49)(H,50,51)(H,52,53)/b31-24-,38-25-,39-26+. The minimum Gasteiger partial charge on any atom is -0.486 e. The molecule has 0 aliphatic rings. The van der Waals surface area contributed by atoms with E-state index in [9.17, 15) is 35.0 Å². The monoisotopic (exact) mass is 697 g/mol. The summed E-state index contributed by atoms with van der Waals surface area (Å²) < 4.78 is 0. The van der Waals surface area contributed by atoms with Crippen molar-refractivity contribution in [3.05, 3.63) is 184 Å². The zero-order valence-corrected chi connectivity index (χ0v) is 27.7. The van der Waals surface area contributed by atoms with Gasteiger partial charge in [0.1, 0.15) is 11.6 Å². The van der Waals surface area contributed by atoms with Crippen LogP contribution < -0.4 is 9.80 Å². The van der Waals surface area contributed by atoms with Gasteiger partial charge in [-0.2, -0.15) is 5.26 Å². The van der Waals surface area contributed by atoms with Crippen molar-refractivity contribution in [2.45, 2.75) is 0 Å². The third-order valence-corrected chi connectivity index (χ3v) is 7.78. The summed E-state index contributed by atoms with van der Waals surface area (Å²) in [4.78, 5) is 44.2. The van der Waals surface area contributed by atoms with Crippen LogP contribution in [0.5, 0.6) is 0 Å². The molecule has 0 aromatic heterocycles. The molecule has 0 saturated heterocycles. The van der Waals surface area contributed by atoms with Crippen molar-refractivity contribution in [1.82, 2.24) is 0 Å². The lowest BCUT2D eigenvalue weighted by Crippen LogP contribution is -2.12. The first-order chi connectivity index (χ1) is 25.6. The number of para-hydroxylation sites is 1. The van der Waals surface area contributed by atoms with Gasteiger partial charge in [-0.05, 0) is 108 Å². The lowest BCUT2D eigenvalue weighted by Gasteiger charge is -2.28. The average Bonchev–Trinajstić information content (AvgIpc) is 3.17. The molecule has 0 amide bonds. The van der Waals surface area contributed by atoms with Crippen molar-refractivity contribution in [3.8, 4) is 6.07 Å². The van der Waals surface area contributed by atoms with Crippen LogP contribution in [-0.4, -0.2) is 33.2 Å². The summed E-state index contributed by atoms with van der Waals surface area (Å²) in [5.74, 6) is -3.96. The van der Waals surface area contributed by atoms with E-state index in [0.717, 1.165) is 22.7 Å². The van der Waals surface area contributed by atoms with Gasteiger partial charge in [0.05, 0.1) is 13.1 Å². The SMILES string of the molecule is [C-]#[N+]/C(=C\c1ccc(N(c2ccc(/C=C(/[N+]#[C-])C(=O)O)cc2)c2ccc(N(c3ccccc3)c3ccc(/C=C(/C#N)C(=O)O)cc3)cc2)cc1)C(=O)O. The minimum atomic E-state index is -1.33. The van der Waals surface area contributed by atoms with Crippen molar-refractivity contribution in [1.29, 1.82) is 5.26 Å². The Bertz CT molecular complexity index is 2290. The molecule has 3 N–H and O–H groups in total. The van der Waals surface area contributed by atoms with Crippen LogP contribution in [0.4, 0.5) is 34.1 Å². The quantitative estimate of drug-likeness (QED) is 0.0658. The lowest BCUT2D eigenvalue weighted by molar-refractivity contribution is -0.133. The Labute approximate surface area is 304 Å². The van der Waals surface area contributed by atoms with Crippen molar-refractivity contribution in [3.63, 3.8) is 0 Å². The fraction of sp³-hybridized carbons (Fsp3) is 0. The smallest absolute Gasteiger partial charge is 0.346 e. The fourth-order valence-corrected chi connectivity index (χ4v) is 5.29. The van der Waals surface area contributed by atoms with Crippen LogP contribution in [0.25, 0.3) is 27.9 Å². The summed E-state index contributed by atoms with van der Waals surface area (Å²) in [7, 11) is 0. The molecule has 5 aromatic rings. The molecule has 11 nitrogen and oxygen atoms in total. The molecule has 5 aromatic carbocycles. The third kappa shape index (κ3) is 8.70. The van der Waals surface area contributed by atoms with Crippen LogP contribution in [-0.2, 0) is 14.4 Å². The number of carboxylic acids is 3. The largest absolute Gasteiger partial charge is 0.486 e. The van der Waals surface area contributed by atoms with E-state index >= 15 is 0 Å². The van der Waals surface area contributed by atoms with Gasteiger partial charge in [-0.15, -0.1) is 0 Å². The number of rotatable bonds is 12. The van der Waals surface area contributed by atoms with Crippen molar-refractivity contribution >= 4 is 70.3 Å². The molecule has 0 aliphatic carbocycles. The highest BCUT2D eigenvalue weighted by atomic mass is 16.4. The second-order valence-electron chi connectivity index (χ2n) is 11.2. The minimum absolute atomic E-state index is 0.378. The second-order valence-corrected chi connectivity index (χ2v) is 11.2. The molecular formula is C42H27N5O6. The average molecular weight is 698 g/mol. The van der Waals surface area contributed by atoms with Gasteiger partial charge in [0.25, 0.3) is 11.4 Å². The highest BCUT2D eigenvalue weighted by Gasteiger charge is 2.17. The Morgan fingerprint density at radius 3 is 1.08 bits per heavy atom. The molecule has 0 aliphatic heterocycles. The van der Waals surface area contributed by atoms with Crippen LogP contribution in [0.2, 0.25) is 0 Å². The summed E-state index contributed by atoms with van der Waals surface area (Å²) in [6.45, 7) is 14.3. The Hall–Kier alpha value is -8.20. The fourth-order valence-electron chi connectivity index (χ4n) is 5.29. The van der Waals surface area contributed by atoms with Crippen LogP contribution in [0.15, 0.2) is 144 Å². The predicted molar refractivity (Wildman–Crippen MR) is 201 cm³/mol. The first-order valence-corrected chi connectivity index (χ1v) is 15.7. The van der Waals surface area contributed by atoms with E-state index in [1.54, 1.807) is 66.7 Å².